The zero-order chi connectivity index (χ0) is 22.5. The van der Waals surface area contributed by atoms with Gasteiger partial charge in [-0.3, -0.25) is 9.59 Å². The Kier molecular flexibility index (Phi) is 6.42. The highest BCUT2D eigenvalue weighted by atomic mass is 35.5. The molecular formula is C25H21ClN2O4. The zero-order valence-electron chi connectivity index (χ0n) is 17.3. The first-order valence-electron chi connectivity index (χ1n) is 10.1. The number of amides is 2. The summed E-state index contributed by atoms with van der Waals surface area (Å²) >= 11 is 5.91. The Morgan fingerprint density at radius 3 is 2.59 bits per heavy atom. The molecule has 6 nitrogen and oxygen atoms in total. The number of fused-ring (bicyclic) bond motifs is 1. The highest BCUT2D eigenvalue weighted by molar-refractivity contribution is 6.30. The van der Waals surface area contributed by atoms with Crippen molar-refractivity contribution in [3.63, 3.8) is 0 Å². The van der Waals surface area contributed by atoms with E-state index in [1.165, 1.54) is 6.26 Å². The van der Waals surface area contributed by atoms with Gasteiger partial charge in [-0.1, -0.05) is 29.8 Å². The number of hydrogen-bond donors (Lipinski definition) is 2. The van der Waals surface area contributed by atoms with Crippen molar-refractivity contribution < 1.29 is 18.7 Å². The van der Waals surface area contributed by atoms with Crippen LogP contribution in [0.4, 0.5) is 0 Å². The zero-order valence-corrected chi connectivity index (χ0v) is 18.1. The maximum absolute atomic E-state index is 13.0. The third-order valence-electron chi connectivity index (χ3n) is 4.93. The molecule has 1 aliphatic heterocycles. The van der Waals surface area contributed by atoms with Crippen LogP contribution in [0.25, 0.3) is 6.08 Å². The molecule has 0 aliphatic carbocycles. The van der Waals surface area contributed by atoms with Crippen molar-refractivity contribution in [1.82, 2.24) is 10.6 Å². The number of carbonyl (C=O) groups excluding carboxylic acids is 2. The second kappa shape index (κ2) is 9.58. The summed E-state index contributed by atoms with van der Waals surface area (Å²) in [6.45, 7) is 2.07. The van der Waals surface area contributed by atoms with E-state index in [0.717, 1.165) is 16.9 Å². The summed E-state index contributed by atoms with van der Waals surface area (Å²) in [7, 11) is 0. The van der Waals surface area contributed by atoms with Gasteiger partial charge in [0.05, 0.1) is 12.8 Å². The minimum absolute atomic E-state index is 0.0950. The van der Waals surface area contributed by atoms with Gasteiger partial charge in [0.2, 0.25) is 0 Å². The SMILES string of the molecule is C[C@H]1Oc2ccccc2C=C1/C=C(\NC(=O)c1ccc(Cl)cc1)C(=O)NCc1ccco1. The smallest absolute Gasteiger partial charge is 0.268 e. The average Bonchev–Trinajstić information content (AvgIpc) is 3.31. The first kappa shape index (κ1) is 21.5. The van der Waals surface area contributed by atoms with Crippen molar-refractivity contribution in [2.24, 2.45) is 0 Å². The molecule has 4 rings (SSSR count). The molecule has 0 unspecified atom stereocenters. The van der Waals surface area contributed by atoms with Crippen molar-refractivity contribution in [2.75, 3.05) is 0 Å². The maximum Gasteiger partial charge on any atom is 0.268 e. The lowest BCUT2D eigenvalue weighted by Crippen LogP contribution is -2.35. The average molecular weight is 449 g/mol. The Morgan fingerprint density at radius 2 is 1.84 bits per heavy atom. The summed E-state index contributed by atoms with van der Waals surface area (Å²) in [6, 6.07) is 17.6. The molecule has 0 radical (unpaired) electrons. The predicted molar refractivity (Wildman–Crippen MR) is 122 cm³/mol. The lowest BCUT2D eigenvalue weighted by Gasteiger charge is -2.23. The molecule has 1 aliphatic rings. The summed E-state index contributed by atoms with van der Waals surface area (Å²) < 4.78 is 11.2. The largest absolute Gasteiger partial charge is 0.485 e. The van der Waals surface area contributed by atoms with Crippen molar-refractivity contribution in [1.29, 1.82) is 0 Å². The summed E-state index contributed by atoms with van der Waals surface area (Å²) in [4.78, 5) is 25.7. The number of rotatable bonds is 6. The topological polar surface area (TPSA) is 80.6 Å². The first-order chi connectivity index (χ1) is 15.5. The van der Waals surface area contributed by atoms with E-state index in [9.17, 15) is 9.59 Å². The number of halogens is 1. The molecule has 162 valence electrons. The molecule has 2 amide bonds. The minimum atomic E-state index is -0.448. The van der Waals surface area contributed by atoms with Crippen LogP contribution in [0, 0.1) is 0 Å². The van der Waals surface area contributed by atoms with Crippen LogP contribution < -0.4 is 15.4 Å². The van der Waals surface area contributed by atoms with Crippen molar-refractivity contribution in [3.8, 4) is 5.75 Å². The van der Waals surface area contributed by atoms with Crippen molar-refractivity contribution in [2.45, 2.75) is 19.6 Å². The van der Waals surface area contributed by atoms with Gasteiger partial charge in [0, 0.05) is 16.1 Å². The second-order valence-corrected chi connectivity index (χ2v) is 7.66. The summed E-state index contributed by atoms with van der Waals surface area (Å²) in [5, 5.41) is 6.00. The molecule has 0 saturated heterocycles. The number of carbonyl (C=O) groups is 2. The third-order valence-corrected chi connectivity index (χ3v) is 5.18. The van der Waals surface area contributed by atoms with E-state index in [4.69, 9.17) is 20.8 Å². The van der Waals surface area contributed by atoms with Crippen LogP contribution in [0.15, 0.2) is 88.7 Å². The minimum Gasteiger partial charge on any atom is -0.485 e. The summed E-state index contributed by atoms with van der Waals surface area (Å²) in [6.07, 6.45) is 4.80. The van der Waals surface area contributed by atoms with Crippen LogP contribution in [-0.2, 0) is 11.3 Å². The number of hydrogen-bond acceptors (Lipinski definition) is 4. The lowest BCUT2D eigenvalue weighted by atomic mass is 10.0. The van der Waals surface area contributed by atoms with Crippen molar-refractivity contribution >= 4 is 29.5 Å². The fraction of sp³-hybridized carbons (Fsp3) is 0.120. The van der Waals surface area contributed by atoms with E-state index < -0.39 is 11.8 Å². The predicted octanol–water partition coefficient (Wildman–Crippen LogP) is 4.73. The van der Waals surface area contributed by atoms with Gasteiger partial charge in [-0.05, 0) is 67.1 Å². The van der Waals surface area contributed by atoms with Gasteiger partial charge < -0.3 is 19.8 Å². The van der Waals surface area contributed by atoms with Crippen LogP contribution in [0.3, 0.4) is 0 Å². The number of nitrogens with one attached hydrogen (secondary N) is 2. The Balaban J connectivity index is 1.61. The molecule has 2 heterocycles. The Bertz CT molecular complexity index is 1180. The van der Waals surface area contributed by atoms with Gasteiger partial charge in [0.1, 0.15) is 23.3 Å². The maximum atomic E-state index is 13.0. The molecule has 0 saturated carbocycles. The fourth-order valence-corrected chi connectivity index (χ4v) is 3.34. The van der Waals surface area contributed by atoms with E-state index in [-0.39, 0.29) is 18.3 Å². The summed E-state index contributed by atoms with van der Waals surface area (Å²) in [5.41, 5.74) is 2.13. The molecule has 0 spiro atoms. The van der Waals surface area contributed by atoms with Gasteiger partial charge in [0.25, 0.3) is 11.8 Å². The quantitative estimate of drug-likeness (QED) is 0.534. The molecule has 3 aromatic rings. The van der Waals surface area contributed by atoms with E-state index in [2.05, 4.69) is 10.6 Å². The normalized spacial score (nSPS) is 15.2. The van der Waals surface area contributed by atoms with Crippen LogP contribution >= 0.6 is 11.6 Å². The van der Waals surface area contributed by atoms with Crippen LogP contribution in [0.1, 0.15) is 28.6 Å². The van der Waals surface area contributed by atoms with Gasteiger partial charge >= 0.3 is 0 Å². The Morgan fingerprint density at radius 1 is 1.06 bits per heavy atom. The first-order valence-corrected chi connectivity index (χ1v) is 10.4. The number of para-hydroxylation sites is 1. The van der Waals surface area contributed by atoms with E-state index in [1.54, 1.807) is 42.5 Å². The van der Waals surface area contributed by atoms with Gasteiger partial charge in [0.15, 0.2) is 0 Å². The molecule has 2 N–H and O–H groups in total. The highest BCUT2D eigenvalue weighted by Crippen LogP contribution is 2.30. The van der Waals surface area contributed by atoms with Crippen LogP contribution in [0.5, 0.6) is 5.75 Å². The van der Waals surface area contributed by atoms with E-state index >= 15 is 0 Å². The number of furan rings is 1. The fourth-order valence-electron chi connectivity index (χ4n) is 3.22. The number of ether oxygens (including phenoxy) is 1. The third kappa shape index (κ3) is 5.10. The van der Waals surface area contributed by atoms with Gasteiger partial charge in [-0.2, -0.15) is 0 Å². The monoisotopic (exact) mass is 448 g/mol. The standard InChI is InChI=1S/C25H21ClN2O4/c1-16-19(13-18-5-2-3-7-23(18)32-16)14-22(25(30)27-15-21-6-4-12-31-21)28-24(29)17-8-10-20(26)11-9-17/h2-14,16H,15H2,1H3,(H,27,30)(H,28,29)/b22-14-/t16-/m1/s1. The molecule has 0 fully saturated rings. The van der Waals surface area contributed by atoms with Crippen LogP contribution in [-0.4, -0.2) is 17.9 Å². The molecule has 0 bridgehead atoms. The lowest BCUT2D eigenvalue weighted by molar-refractivity contribution is -0.118. The van der Waals surface area contributed by atoms with E-state index in [0.29, 0.717) is 16.3 Å². The molecule has 32 heavy (non-hydrogen) atoms. The molecule has 1 atom stereocenters. The second-order valence-electron chi connectivity index (χ2n) is 7.22. The summed E-state index contributed by atoms with van der Waals surface area (Å²) in [5.74, 6) is 0.498. The van der Waals surface area contributed by atoms with Crippen molar-refractivity contribution in [3.05, 3.63) is 106 Å². The molecule has 2 aromatic carbocycles. The molecule has 7 heteroatoms. The number of benzene rings is 2. The highest BCUT2D eigenvalue weighted by Gasteiger charge is 2.21. The van der Waals surface area contributed by atoms with Gasteiger partial charge in [-0.15, -0.1) is 0 Å². The van der Waals surface area contributed by atoms with Gasteiger partial charge in [-0.25, -0.2) is 0 Å². The van der Waals surface area contributed by atoms with Crippen LogP contribution in [0.2, 0.25) is 5.02 Å². The Hall–Kier alpha value is -3.77. The molecule has 1 aromatic heterocycles. The molecular weight excluding hydrogens is 428 g/mol. The van der Waals surface area contributed by atoms with E-state index in [1.807, 2.05) is 37.3 Å². The Labute approximate surface area is 190 Å².